The molecule has 0 N–H and O–H groups in total. The van der Waals surface area contributed by atoms with Crippen molar-refractivity contribution in [2.45, 2.75) is 91.4 Å². The average molecular weight is 379 g/mol. The summed E-state index contributed by atoms with van der Waals surface area (Å²) in [7, 11) is -4.74. The molecule has 0 aliphatic carbocycles. The molecule has 0 atom stereocenters. The smallest absolute Gasteiger partial charge is 0.343 e. The van der Waals surface area contributed by atoms with E-state index in [1.54, 1.807) is 0 Å². The fraction of sp³-hybridized carbons (Fsp3) is 1.00. The first-order valence-corrected chi connectivity index (χ1v) is 13.6. The van der Waals surface area contributed by atoms with Gasteiger partial charge in [-0.25, -0.2) is 0 Å². The molecular weight excluding hydrogens is 336 g/mol. The predicted octanol–water partition coefficient (Wildman–Crippen LogP) is 5.62. The van der Waals surface area contributed by atoms with Gasteiger partial charge in [0.05, 0.1) is 0 Å². The number of hydrogen-bond donors (Lipinski definition) is 0. The first-order chi connectivity index (χ1) is 10.9. The number of hydrogen-bond acceptors (Lipinski definition) is 4. The van der Waals surface area contributed by atoms with Gasteiger partial charge >= 0.3 is 17.1 Å². The molecule has 0 rings (SSSR count). The lowest BCUT2D eigenvalue weighted by atomic mass is 10.2. The molecule has 0 saturated heterocycles. The van der Waals surface area contributed by atoms with Crippen molar-refractivity contribution < 1.29 is 17.7 Å². The molecule has 4 nitrogen and oxygen atoms in total. The molecule has 0 aliphatic rings. The quantitative estimate of drug-likeness (QED) is 0.437. The highest BCUT2D eigenvalue weighted by molar-refractivity contribution is 6.76. The highest BCUT2D eigenvalue weighted by Crippen LogP contribution is 2.47. The van der Waals surface area contributed by atoms with Crippen molar-refractivity contribution in [2.75, 3.05) is 26.4 Å². The Morgan fingerprint density at radius 1 is 0.500 bits per heavy atom. The molecule has 0 aliphatic heterocycles. The number of rotatable bonds is 11. The minimum Gasteiger partial charge on any atom is -0.394 e. The maximum atomic E-state index is 6.33. The Morgan fingerprint density at radius 3 is 0.833 bits per heavy atom. The Hall–Kier alpha value is 0.274. The fourth-order valence-corrected chi connectivity index (χ4v) is 11.7. The molecule has 0 bridgehead atoms. The lowest BCUT2D eigenvalue weighted by Gasteiger charge is -2.45. The maximum Gasteiger partial charge on any atom is 0.343 e. The van der Waals surface area contributed by atoms with E-state index < -0.39 is 17.1 Å². The van der Waals surface area contributed by atoms with Crippen molar-refractivity contribution in [2.24, 2.45) is 0 Å². The van der Waals surface area contributed by atoms with Crippen LogP contribution in [0, 0.1) is 0 Å². The Balaban J connectivity index is 5.66. The molecule has 0 radical (unpaired) electrons. The lowest BCUT2D eigenvalue weighted by Crippen LogP contribution is -2.55. The summed E-state index contributed by atoms with van der Waals surface area (Å²) in [6.07, 6.45) is 0. The predicted molar refractivity (Wildman–Crippen MR) is 107 cm³/mol. The first-order valence-electron chi connectivity index (χ1n) is 9.51. The first kappa shape index (κ1) is 24.3. The molecule has 0 saturated carbocycles. The van der Waals surface area contributed by atoms with Gasteiger partial charge in [-0.05, 0) is 39.8 Å². The van der Waals surface area contributed by atoms with Gasteiger partial charge in [0.25, 0.3) is 0 Å². The summed E-state index contributed by atoms with van der Waals surface area (Å²) < 4.78 is 25.3. The fourth-order valence-electron chi connectivity index (χ4n) is 3.25. The van der Waals surface area contributed by atoms with E-state index in [1.807, 2.05) is 0 Å². The molecule has 0 amide bonds. The maximum absolute atomic E-state index is 6.33. The molecule has 24 heavy (non-hydrogen) atoms. The van der Waals surface area contributed by atoms with E-state index in [2.05, 4.69) is 69.2 Å². The van der Waals surface area contributed by atoms with Crippen molar-refractivity contribution in [3.8, 4) is 0 Å². The minimum absolute atomic E-state index is 0.00940. The summed E-state index contributed by atoms with van der Waals surface area (Å²) in [4.78, 5) is 0. The molecule has 0 fully saturated rings. The molecule has 0 aromatic rings. The third-order valence-electron chi connectivity index (χ3n) is 4.58. The van der Waals surface area contributed by atoms with Crippen LogP contribution in [0.2, 0.25) is 22.2 Å². The highest BCUT2D eigenvalue weighted by atomic mass is 28.4. The Labute approximate surface area is 153 Å². The van der Waals surface area contributed by atoms with Crippen LogP contribution < -0.4 is 0 Å². The summed E-state index contributed by atoms with van der Waals surface area (Å²) >= 11 is 0. The van der Waals surface area contributed by atoms with Gasteiger partial charge in [0.1, 0.15) is 0 Å². The van der Waals surface area contributed by atoms with Gasteiger partial charge in [-0.3, -0.25) is 0 Å². The lowest BCUT2D eigenvalue weighted by molar-refractivity contribution is 0.148. The summed E-state index contributed by atoms with van der Waals surface area (Å²) in [6, 6.07) is 1.84. The molecule has 0 spiro atoms. The standard InChI is InChI=1S/C18H42O4Si2/c1-11-19-23(20-12-2,17(5,6)7)15-16-24(21-13-3,22-14-4)18(8,9)10/h11-16H2,1-10H3. The second-order valence-corrected chi connectivity index (χ2v) is 16.4. The third kappa shape index (κ3) is 5.92. The van der Waals surface area contributed by atoms with E-state index in [9.17, 15) is 0 Å². The Morgan fingerprint density at radius 2 is 0.708 bits per heavy atom. The van der Waals surface area contributed by atoms with Crippen LogP contribution in [0.3, 0.4) is 0 Å². The summed E-state index contributed by atoms with van der Waals surface area (Å²) in [6.45, 7) is 24.5. The van der Waals surface area contributed by atoms with Crippen molar-refractivity contribution in [1.29, 1.82) is 0 Å². The zero-order valence-electron chi connectivity index (χ0n) is 17.9. The molecular formula is C18H42O4Si2. The molecule has 0 aromatic carbocycles. The summed E-state index contributed by atoms with van der Waals surface area (Å²) in [5.74, 6) is 0. The van der Waals surface area contributed by atoms with Crippen LogP contribution >= 0.6 is 0 Å². The van der Waals surface area contributed by atoms with Crippen LogP contribution in [-0.4, -0.2) is 43.5 Å². The zero-order valence-corrected chi connectivity index (χ0v) is 19.9. The topological polar surface area (TPSA) is 36.9 Å². The van der Waals surface area contributed by atoms with E-state index >= 15 is 0 Å². The highest BCUT2D eigenvalue weighted by Gasteiger charge is 2.55. The van der Waals surface area contributed by atoms with Gasteiger partial charge < -0.3 is 17.7 Å². The van der Waals surface area contributed by atoms with E-state index in [0.29, 0.717) is 26.4 Å². The largest absolute Gasteiger partial charge is 0.394 e. The van der Waals surface area contributed by atoms with Crippen molar-refractivity contribution in [3.05, 3.63) is 0 Å². The second kappa shape index (κ2) is 9.83. The van der Waals surface area contributed by atoms with E-state index in [4.69, 9.17) is 17.7 Å². The van der Waals surface area contributed by atoms with Gasteiger partial charge in [-0.1, -0.05) is 41.5 Å². The van der Waals surface area contributed by atoms with Crippen LogP contribution in [0.15, 0.2) is 0 Å². The summed E-state index contributed by atoms with van der Waals surface area (Å²) in [5, 5.41) is 0.0188. The average Bonchev–Trinajstić information content (AvgIpc) is 2.43. The Kier molecular flexibility index (Phi) is 9.94. The van der Waals surface area contributed by atoms with Crippen molar-refractivity contribution >= 4 is 17.1 Å². The van der Waals surface area contributed by atoms with Crippen LogP contribution in [0.5, 0.6) is 0 Å². The SMILES string of the molecule is CCO[Si](CC[Si](OCC)(OCC)C(C)(C)C)(OCC)C(C)(C)C. The van der Waals surface area contributed by atoms with Crippen molar-refractivity contribution in [3.63, 3.8) is 0 Å². The van der Waals surface area contributed by atoms with Crippen LogP contribution in [-0.2, 0) is 17.7 Å². The van der Waals surface area contributed by atoms with Gasteiger partial charge in [-0.2, -0.15) is 0 Å². The Bertz CT molecular complexity index is 302. The normalized spacial score (nSPS) is 14.2. The van der Waals surface area contributed by atoms with Gasteiger partial charge in [-0.15, -0.1) is 0 Å². The molecule has 6 heteroatoms. The molecule has 146 valence electrons. The second-order valence-electron chi connectivity index (χ2n) is 8.24. The van der Waals surface area contributed by atoms with Crippen LogP contribution in [0.1, 0.15) is 69.2 Å². The van der Waals surface area contributed by atoms with Crippen LogP contribution in [0.4, 0.5) is 0 Å². The van der Waals surface area contributed by atoms with E-state index in [-0.39, 0.29) is 10.1 Å². The van der Waals surface area contributed by atoms with E-state index in [1.165, 1.54) is 0 Å². The zero-order chi connectivity index (χ0) is 19.1. The third-order valence-corrected chi connectivity index (χ3v) is 14.5. The minimum atomic E-state index is -2.37. The van der Waals surface area contributed by atoms with Crippen LogP contribution in [0.25, 0.3) is 0 Å². The van der Waals surface area contributed by atoms with Gasteiger partial charge in [0, 0.05) is 36.5 Å². The summed E-state index contributed by atoms with van der Waals surface area (Å²) in [5.41, 5.74) is 0. The molecule has 0 unspecified atom stereocenters. The molecule has 0 aromatic heterocycles. The van der Waals surface area contributed by atoms with Crippen molar-refractivity contribution in [1.82, 2.24) is 0 Å². The molecule has 0 heterocycles. The van der Waals surface area contributed by atoms with E-state index in [0.717, 1.165) is 12.1 Å². The monoisotopic (exact) mass is 378 g/mol. The van der Waals surface area contributed by atoms with Gasteiger partial charge in [0.2, 0.25) is 0 Å². The van der Waals surface area contributed by atoms with Gasteiger partial charge in [0.15, 0.2) is 0 Å².